The molecule has 2 aromatic carbocycles. The van der Waals surface area contributed by atoms with Crippen LogP contribution in [0.25, 0.3) is 10.8 Å². The van der Waals surface area contributed by atoms with Crippen LogP contribution in [0.4, 0.5) is 0 Å². The molecule has 0 saturated heterocycles. The average Bonchev–Trinajstić information content (AvgIpc) is 2.35. The number of hydrogen-bond acceptors (Lipinski definition) is 2. The maximum absolute atomic E-state index is 9.40. The molecule has 3 N–H and O–H groups in total. The summed E-state index contributed by atoms with van der Waals surface area (Å²) in [6.45, 7) is 2.18. The number of nitrogens with two attached hydrogens (primary N) is 1. The highest BCUT2D eigenvalue weighted by molar-refractivity contribution is 5.84. The lowest BCUT2D eigenvalue weighted by atomic mass is 9.99. The molecule has 2 rings (SSSR count). The summed E-state index contributed by atoms with van der Waals surface area (Å²) < 4.78 is 0. The Balaban J connectivity index is 2.28. The van der Waals surface area contributed by atoms with Gasteiger partial charge in [-0.15, -0.1) is 0 Å². The third-order valence-electron chi connectivity index (χ3n) is 3.14. The van der Waals surface area contributed by atoms with Gasteiger partial charge in [0.1, 0.15) is 5.75 Å². The van der Waals surface area contributed by atoms with Gasteiger partial charge in [0.15, 0.2) is 0 Å². The minimum atomic E-state index is 0.119. The summed E-state index contributed by atoms with van der Waals surface area (Å²) in [5, 5.41) is 11.6. The third-order valence-corrected chi connectivity index (χ3v) is 3.14. The van der Waals surface area contributed by atoms with E-state index < -0.39 is 0 Å². The molecule has 2 aromatic rings. The Bertz CT molecular complexity index is 507. The molecule has 0 amide bonds. The van der Waals surface area contributed by atoms with Crippen LogP contribution in [0.5, 0.6) is 5.75 Å². The average molecular weight is 229 g/mol. The highest BCUT2D eigenvalue weighted by atomic mass is 16.3. The lowest BCUT2D eigenvalue weighted by Crippen LogP contribution is -2.09. The molecule has 0 saturated carbocycles. The zero-order valence-corrected chi connectivity index (χ0v) is 10.2. The minimum Gasteiger partial charge on any atom is -0.508 e. The van der Waals surface area contributed by atoms with E-state index in [0.717, 1.165) is 23.6 Å². The summed E-state index contributed by atoms with van der Waals surface area (Å²) >= 11 is 0. The molecule has 0 aliphatic carbocycles. The molecule has 2 nitrogen and oxygen atoms in total. The van der Waals surface area contributed by atoms with Crippen molar-refractivity contribution < 1.29 is 5.11 Å². The van der Waals surface area contributed by atoms with Crippen LogP contribution in [0, 0.1) is 0 Å². The minimum absolute atomic E-state index is 0.119. The van der Waals surface area contributed by atoms with Crippen LogP contribution in [0.1, 0.15) is 37.8 Å². The maximum Gasteiger partial charge on any atom is 0.116 e. The van der Waals surface area contributed by atoms with Crippen molar-refractivity contribution in [2.75, 3.05) is 0 Å². The van der Waals surface area contributed by atoms with Crippen LogP contribution in [-0.4, -0.2) is 5.11 Å². The summed E-state index contributed by atoms with van der Waals surface area (Å²) in [5.74, 6) is 0.306. The molecular formula is C15H19NO. The van der Waals surface area contributed by atoms with Crippen LogP contribution in [0.3, 0.4) is 0 Å². The number of phenolic OH excluding ortho intramolecular Hbond substituents is 1. The van der Waals surface area contributed by atoms with E-state index in [-0.39, 0.29) is 6.04 Å². The van der Waals surface area contributed by atoms with Gasteiger partial charge in [0.25, 0.3) is 0 Å². The van der Waals surface area contributed by atoms with Crippen molar-refractivity contribution in [3.63, 3.8) is 0 Å². The fourth-order valence-corrected chi connectivity index (χ4v) is 2.07. The van der Waals surface area contributed by atoms with Crippen molar-refractivity contribution in [1.29, 1.82) is 0 Å². The summed E-state index contributed by atoms with van der Waals surface area (Å²) in [5.41, 5.74) is 7.33. The Kier molecular flexibility index (Phi) is 3.64. The Morgan fingerprint density at radius 1 is 1.12 bits per heavy atom. The van der Waals surface area contributed by atoms with Gasteiger partial charge in [0.2, 0.25) is 0 Å². The summed E-state index contributed by atoms with van der Waals surface area (Å²) in [4.78, 5) is 0. The standard InChI is InChI=1S/C15H19NO/c1-2-3-4-15(16)13-6-5-12-10-14(17)8-7-11(12)9-13/h5-10,15,17H,2-4,16H2,1H3/t15-/m0/s1. The first-order valence-electron chi connectivity index (χ1n) is 6.19. The maximum atomic E-state index is 9.40. The van der Waals surface area contributed by atoms with Gasteiger partial charge in [-0.25, -0.2) is 0 Å². The Morgan fingerprint density at radius 2 is 1.82 bits per heavy atom. The van der Waals surface area contributed by atoms with Crippen molar-refractivity contribution in [2.24, 2.45) is 5.73 Å². The van der Waals surface area contributed by atoms with E-state index in [9.17, 15) is 5.11 Å². The van der Waals surface area contributed by atoms with Gasteiger partial charge in [-0.3, -0.25) is 0 Å². The fraction of sp³-hybridized carbons (Fsp3) is 0.333. The molecule has 0 spiro atoms. The van der Waals surface area contributed by atoms with Gasteiger partial charge < -0.3 is 10.8 Å². The highest BCUT2D eigenvalue weighted by Gasteiger charge is 2.06. The normalized spacial score (nSPS) is 12.8. The molecule has 0 radical (unpaired) electrons. The lowest BCUT2D eigenvalue weighted by molar-refractivity contribution is 0.476. The summed E-state index contributed by atoms with van der Waals surface area (Å²) in [6, 6.07) is 11.7. The van der Waals surface area contributed by atoms with Crippen LogP contribution in [-0.2, 0) is 0 Å². The van der Waals surface area contributed by atoms with Gasteiger partial charge >= 0.3 is 0 Å². The van der Waals surface area contributed by atoms with Crippen molar-refractivity contribution in [3.05, 3.63) is 42.0 Å². The van der Waals surface area contributed by atoms with E-state index in [1.54, 1.807) is 12.1 Å². The van der Waals surface area contributed by atoms with Crippen molar-refractivity contribution in [3.8, 4) is 5.75 Å². The number of aromatic hydroxyl groups is 1. The lowest BCUT2D eigenvalue weighted by Gasteiger charge is -2.12. The first kappa shape index (κ1) is 11.9. The number of hydrogen-bond donors (Lipinski definition) is 2. The number of benzene rings is 2. The van der Waals surface area contributed by atoms with E-state index >= 15 is 0 Å². The zero-order chi connectivity index (χ0) is 12.3. The molecule has 0 aliphatic heterocycles. The van der Waals surface area contributed by atoms with Gasteiger partial charge in [0.05, 0.1) is 0 Å². The molecule has 90 valence electrons. The third kappa shape index (κ3) is 2.77. The number of unbranched alkanes of at least 4 members (excludes halogenated alkanes) is 1. The first-order chi connectivity index (χ1) is 8.20. The molecule has 17 heavy (non-hydrogen) atoms. The summed E-state index contributed by atoms with van der Waals surface area (Å²) in [6.07, 6.45) is 3.37. The van der Waals surface area contributed by atoms with E-state index in [2.05, 4.69) is 19.1 Å². The monoisotopic (exact) mass is 229 g/mol. The fourth-order valence-electron chi connectivity index (χ4n) is 2.07. The molecule has 0 bridgehead atoms. The smallest absolute Gasteiger partial charge is 0.116 e. The van der Waals surface area contributed by atoms with Crippen LogP contribution < -0.4 is 5.73 Å². The Hall–Kier alpha value is -1.54. The van der Waals surface area contributed by atoms with Crippen molar-refractivity contribution >= 4 is 10.8 Å². The van der Waals surface area contributed by atoms with E-state index in [0.29, 0.717) is 5.75 Å². The Labute approximate surface area is 102 Å². The second kappa shape index (κ2) is 5.19. The molecule has 0 aliphatic rings. The van der Waals surface area contributed by atoms with Crippen LogP contribution in [0.2, 0.25) is 0 Å². The first-order valence-corrected chi connectivity index (χ1v) is 6.19. The largest absolute Gasteiger partial charge is 0.508 e. The topological polar surface area (TPSA) is 46.2 Å². The van der Waals surface area contributed by atoms with Gasteiger partial charge in [-0.05, 0) is 41.0 Å². The SMILES string of the molecule is CCCC[C@H](N)c1ccc2cc(O)ccc2c1. The quantitative estimate of drug-likeness (QED) is 0.839. The molecule has 0 aromatic heterocycles. The van der Waals surface area contributed by atoms with Crippen LogP contribution in [0.15, 0.2) is 36.4 Å². The molecular weight excluding hydrogens is 210 g/mol. The van der Waals surface area contributed by atoms with Gasteiger partial charge in [-0.1, -0.05) is 38.0 Å². The van der Waals surface area contributed by atoms with Crippen molar-refractivity contribution in [1.82, 2.24) is 0 Å². The number of fused-ring (bicyclic) bond motifs is 1. The number of rotatable bonds is 4. The zero-order valence-electron chi connectivity index (χ0n) is 10.2. The van der Waals surface area contributed by atoms with Gasteiger partial charge in [0, 0.05) is 6.04 Å². The Morgan fingerprint density at radius 3 is 2.59 bits per heavy atom. The molecule has 1 atom stereocenters. The predicted octanol–water partition coefficient (Wildman–Crippen LogP) is 3.74. The second-order valence-electron chi connectivity index (χ2n) is 4.54. The second-order valence-corrected chi connectivity index (χ2v) is 4.54. The van der Waals surface area contributed by atoms with Crippen LogP contribution >= 0.6 is 0 Å². The molecule has 2 heteroatoms. The molecule has 0 fully saturated rings. The predicted molar refractivity (Wildman–Crippen MR) is 72.1 cm³/mol. The van der Waals surface area contributed by atoms with E-state index in [1.165, 1.54) is 12.0 Å². The van der Waals surface area contributed by atoms with E-state index in [4.69, 9.17) is 5.73 Å². The summed E-state index contributed by atoms with van der Waals surface area (Å²) in [7, 11) is 0. The molecule has 0 heterocycles. The van der Waals surface area contributed by atoms with E-state index in [1.807, 2.05) is 12.1 Å². The molecule has 0 unspecified atom stereocenters. The van der Waals surface area contributed by atoms with Gasteiger partial charge in [-0.2, -0.15) is 0 Å². The number of phenols is 1. The highest BCUT2D eigenvalue weighted by Crippen LogP contribution is 2.24. The van der Waals surface area contributed by atoms with Crippen molar-refractivity contribution in [2.45, 2.75) is 32.2 Å².